The van der Waals surface area contributed by atoms with Crippen LogP contribution in [0.1, 0.15) is 16.9 Å². The molecule has 5 rings (SSSR count). The number of rotatable bonds is 5. The van der Waals surface area contributed by atoms with E-state index in [1.165, 1.54) is 6.08 Å². The summed E-state index contributed by atoms with van der Waals surface area (Å²) in [6.45, 7) is 0. The first kappa shape index (κ1) is 23.2. The second kappa shape index (κ2) is 10.4. The Morgan fingerprint density at radius 2 is 1.41 bits per heavy atom. The summed E-state index contributed by atoms with van der Waals surface area (Å²) in [7, 11) is 0. The molecule has 0 bridgehead atoms. The molecule has 5 nitrogen and oxygen atoms in total. The van der Waals surface area contributed by atoms with Crippen molar-refractivity contribution in [2.24, 2.45) is 0 Å². The standard InChI is InChI=1S/C32H20N2O3/c33-22-26(32(35)36)19-24-11-15-25-21-30(37-31(25)20-24)18-14-23-12-16-29(17-13-23)34(27-7-3-1-4-8-27)28-9-5-2-6-10-28/h1-13,15-17,19-21H,(H,35,36)/b26-19-. The molecule has 0 saturated carbocycles. The van der Waals surface area contributed by atoms with Gasteiger partial charge in [-0.1, -0.05) is 54.5 Å². The molecule has 0 spiro atoms. The van der Waals surface area contributed by atoms with Gasteiger partial charge in [0.25, 0.3) is 0 Å². The fraction of sp³-hybridized carbons (Fsp3) is 0. The van der Waals surface area contributed by atoms with Gasteiger partial charge in [-0.05, 0) is 72.2 Å². The molecule has 1 N–H and O–H groups in total. The molecule has 176 valence electrons. The largest absolute Gasteiger partial charge is 0.477 e. The van der Waals surface area contributed by atoms with Crippen LogP contribution in [0.3, 0.4) is 0 Å². The van der Waals surface area contributed by atoms with E-state index in [-0.39, 0.29) is 5.57 Å². The molecule has 0 aliphatic rings. The van der Waals surface area contributed by atoms with E-state index in [1.54, 1.807) is 18.2 Å². The summed E-state index contributed by atoms with van der Waals surface area (Å²) in [5, 5.41) is 18.9. The van der Waals surface area contributed by atoms with Crippen LogP contribution in [0.2, 0.25) is 0 Å². The van der Waals surface area contributed by atoms with Crippen LogP contribution in [0, 0.1) is 23.2 Å². The Morgan fingerprint density at radius 1 is 0.784 bits per heavy atom. The Bertz CT molecular complexity index is 1660. The van der Waals surface area contributed by atoms with Crippen molar-refractivity contribution in [2.75, 3.05) is 4.90 Å². The number of nitriles is 1. The van der Waals surface area contributed by atoms with E-state index in [2.05, 4.69) is 41.0 Å². The second-order valence-electron chi connectivity index (χ2n) is 8.19. The van der Waals surface area contributed by atoms with Gasteiger partial charge >= 0.3 is 5.97 Å². The molecule has 1 heterocycles. The monoisotopic (exact) mass is 480 g/mol. The Kier molecular flexibility index (Phi) is 6.53. The lowest BCUT2D eigenvalue weighted by Gasteiger charge is -2.25. The molecule has 4 aromatic carbocycles. The van der Waals surface area contributed by atoms with Crippen LogP contribution in [-0.2, 0) is 4.79 Å². The van der Waals surface area contributed by atoms with E-state index in [0.717, 1.165) is 28.0 Å². The van der Waals surface area contributed by atoms with Crippen molar-refractivity contribution in [1.29, 1.82) is 5.26 Å². The van der Waals surface area contributed by atoms with Gasteiger partial charge in [-0.25, -0.2) is 4.79 Å². The van der Waals surface area contributed by atoms with Crippen LogP contribution in [-0.4, -0.2) is 11.1 Å². The number of aliphatic carboxylic acids is 1. The molecule has 37 heavy (non-hydrogen) atoms. The fourth-order valence-electron chi connectivity index (χ4n) is 3.94. The third kappa shape index (κ3) is 5.27. The first-order valence-electron chi connectivity index (χ1n) is 11.5. The number of anilines is 3. The minimum atomic E-state index is -1.27. The maximum absolute atomic E-state index is 11.1. The minimum Gasteiger partial charge on any atom is -0.477 e. The van der Waals surface area contributed by atoms with Crippen LogP contribution in [0.4, 0.5) is 17.1 Å². The molecule has 0 aliphatic carbocycles. The van der Waals surface area contributed by atoms with Crippen molar-refractivity contribution in [2.45, 2.75) is 0 Å². The van der Waals surface area contributed by atoms with Gasteiger partial charge in [-0.3, -0.25) is 0 Å². The summed E-state index contributed by atoms with van der Waals surface area (Å²) in [6, 6.07) is 37.2. The Balaban J connectivity index is 1.40. The van der Waals surface area contributed by atoms with Crippen molar-refractivity contribution in [3.05, 3.63) is 132 Å². The van der Waals surface area contributed by atoms with Crippen LogP contribution in [0.5, 0.6) is 0 Å². The number of furan rings is 1. The molecular formula is C32H20N2O3. The van der Waals surface area contributed by atoms with Gasteiger partial charge in [0.2, 0.25) is 0 Å². The molecule has 1 aromatic heterocycles. The topological polar surface area (TPSA) is 77.5 Å². The molecule has 0 atom stereocenters. The molecule has 5 aromatic rings. The lowest BCUT2D eigenvalue weighted by Crippen LogP contribution is -2.09. The number of hydrogen-bond donors (Lipinski definition) is 1. The molecular weight excluding hydrogens is 460 g/mol. The highest BCUT2D eigenvalue weighted by molar-refractivity contribution is 5.97. The third-order valence-electron chi connectivity index (χ3n) is 5.69. The van der Waals surface area contributed by atoms with Gasteiger partial charge in [0, 0.05) is 34.1 Å². The van der Waals surface area contributed by atoms with Crippen LogP contribution in [0.15, 0.2) is 119 Å². The number of benzene rings is 4. The van der Waals surface area contributed by atoms with Gasteiger partial charge in [0.15, 0.2) is 5.76 Å². The number of carbonyl (C=O) groups is 1. The van der Waals surface area contributed by atoms with Gasteiger partial charge in [-0.2, -0.15) is 5.26 Å². The zero-order valence-corrected chi connectivity index (χ0v) is 19.6. The molecule has 0 amide bonds. The van der Waals surface area contributed by atoms with Gasteiger partial charge < -0.3 is 14.4 Å². The van der Waals surface area contributed by atoms with E-state index >= 15 is 0 Å². The summed E-state index contributed by atoms with van der Waals surface area (Å²) < 4.78 is 5.84. The Labute approximate surface area is 214 Å². The first-order valence-corrected chi connectivity index (χ1v) is 11.5. The lowest BCUT2D eigenvalue weighted by atomic mass is 10.1. The molecule has 5 heteroatoms. The van der Waals surface area contributed by atoms with Gasteiger partial charge in [0.1, 0.15) is 17.2 Å². The molecule has 0 fully saturated rings. The summed E-state index contributed by atoms with van der Waals surface area (Å²) in [4.78, 5) is 13.3. The summed E-state index contributed by atoms with van der Waals surface area (Å²) in [6.07, 6.45) is 1.31. The lowest BCUT2D eigenvalue weighted by molar-refractivity contribution is -0.132. The average molecular weight is 481 g/mol. The summed E-state index contributed by atoms with van der Waals surface area (Å²) in [5.41, 5.74) is 4.78. The quantitative estimate of drug-likeness (QED) is 0.162. The maximum Gasteiger partial charge on any atom is 0.346 e. The van der Waals surface area contributed by atoms with E-state index in [1.807, 2.05) is 72.8 Å². The third-order valence-corrected chi connectivity index (χ3v) is 5.69. The van der Waals surface area contributed by atoms with Crippen molar-refractivity contribution < 1.29 is 14.3 Å². The number of carboxylic acids is 1. The van der Waals surface area contributed by atoms with Gasteiger partial charge in [-0.15, -0.1) is 0 Å². The summed E-state index contributed by atoms with van der Waals surface area (Å²) >= 11 is 0. The predicted molar refractivity (Wildman–Crippen MR) is 145 cm³/mol. The van der Waals surface area contributed by atoms with Crippen LogP contribution in [0.25, 0.3) is 17.0 Å². The Morgan fingerprint density at radius 3 is 2.00 bits per heavy atom. The number of para-hydroxylation sites is 2. The first-order chi connectivity index (χ1) is 18.1. The number of fused-ring (bicyclic) bond motifs is 1. The molecule has 0 aliphatic heterocycles. The predicted octanol–water partition coefficient (Wildman–Crippen LogP) is 7.29. The van der Waals surface area contributed by atoms with Gasteiger partial charge in [0.05, 0.1) is 0 Å². The zero-order chi connectivity index (χ0) is 25.6. The normalized spacial score (nSPS) is 10.8. The zero-order valence-electron chi connectivity index (χ0n) is 19.6. The second-order valence-corrected chi connectivity index (χ2v) is 8.19. The maximum atomic E-state index is 11.1. The number of carboxylic acid groups (broad SMARTS) is 1. The molecule has 0 radical (unpaired) electrons. The van der Waals surface area contributed by atoms with Crippen LogP contribution < -0.4 is 4.90 Å². The average Bonchev–Trinajstić information content (AvgIpc) is 3.35. The summed E-state index contributed by atoms with van der Waals surface area (Å²) in [5.74, 6) is 5.43. The fourth-order valence-corrected chi connectivity index (χ4v) is 3.94. The van der Waals surface area contributed by atoms with E-state index in [4.69, 9.17) is 14.8 Å². The van der Waals surface area contributed by atoms with Crippen molar-refractivity contribution in [1.82, 2.24) is 0 Å². The molecule has 0 unspecified atom stereocenters. The van der Waals surface area contributed by atoms with Crippen molar-refractivity contribution in [3.63, 3.8) is 0 Å². The van der Waals surface area contributed by atoms with Crippen LogP contribution >= 0.6 is 0 Å². The van der Waals surface area contributed by atoms with Crippen molar-refractivity contribution >= 4 is 40.1 Å². The highest BCUT2D eigenvalue weighted by atomic mass is 16.4. The SMILES string of the molecule is N#C/C(=C/c1ccc2cc(C#Cc3ccc(N(c4ccccc4)c4ccccc4)cc3)oc2c1)C(=O)O. The molecule has 0 saturated heterocycles. The Hall–Kier alpha value is -5.52. The highest BCUT2D eigenvalue weighted by Crippen LogP contribution is 2.34. The minimum absolute atomic E-state index is 0.340. The number of hydrogen-bond acceptors (Lipinski definition) is 4. The van der Waals surface area contributed by atoms with Crippen molar-refractivity contribution in [3.8, 4) is 17.9 Å². The van der Waals surface area contributed by atoms with E-state index in [9.17, 15) is 4.79 Å². The van der Waals surface area contributed by atoms with E-state index < -0.39 is 5.97 Å². The number of nitrogens with zero attached hydrogens (tertiary/aromatic N) is 2. The highest BCUT2D eigenvalue weighted by Gasteiger charge is 2.11. The van der Waals surface area contributed by atoms with E-state index in [0.29, 0.717) is 16.9 Å². The smallest absolute Gasteiger partial charge is 0.346 e.